The van der Waals surface area contributed by atoms with E-state index >= 15 is 0 Å². The van der Waals surface area contributed by atoms with Crippen LogP contribution in [0.5, 0.6) is 5.75 Å². The Morgan fingerprint density at radius 2 is 1.81 bits per heavy atom. The average Bonchev–Trinajstić information content (AvgIpc) is 2.36. The second kappa shape index (κ2) is 5.55. The Morgan fingerprint density at radius 1 is 1.10 bits per heavy atom. The van der Waals surface area contributed by atoms with Gasteiger partial charge in [-0.1, -0.05) is 12.1 Å². The molecule has 0 spiro atoms. The molecule has 110 valence electrons. The molecule has 6 heteroatoms. The summed E-state index contributed by atoms with van der Waals surface area (Å²) in [5, 5.41) is 0. The number of carbonyl (C=O) groups is 1. The fourth-order valence-electron chi connectivity index (χ4n) is 1.87. The van der Waals surface area contributed by atoms with Crippen molar-refractivity contribution in [2.24, 2.45) is 0 Å². The van der Waals surface area contributed by atoms with Crippen LogP contribution in [0.1, 0.15) is 21.5 Å². The minimum atomic E-state index is -4.83. The lowest BCUT2D eigenvalue weighted by Gasteiger charge is -2.10. The second-order valence-corrected chi connectivity index (χ2v) is 4.36. The van der Waals surface area contributed by atoms with E-state index < -0.39 is 23.7 Å². The van der Waals surface area contributed by atoms with Crippen molar-refractivity contribution in [2.75, 3.05) is 0 Å². The molecule has 0 aliphatic carbocycles. The van der Waals surface area contributed by atoms with Gasteiger partial charge in [0.15, 0.2) is 5.78 Å². The predicted octanol–water partition coefficient (Wildman–Crippen LogP) is 4.26. The first kappa shape index (κ1) is 15.0. The van der Waals surface area contributed by atoms with E-state index in [0.29, 0.717) is 5.56 Å². The van der Waals surface area contributed by atoms with Crippen LogP contribution >= 0.6 is 0 Å². The minimum Gasteiger partial charge on any atom is -0.406 e. The molecule has 0 radical (unpaired) electrons. The Labute approximate surface area is 118 Å². The summed E-state index contributed by atoms with van der Waals surface area (Å²) in [4.78, 5) is 12.2. The van der Waals surface area contributed by atoms with Crippen LogP contribution in [0, 0.1) is 12.7 Å². The van der Waals surface area contributed by atoms with Gasteiger partial charge < -0.3 is 4.74 Å². The molecule has 21 heavy (non-hydrogen) atoms. The highest BCUT2D eigenvalue weighted by Gasteiger charge is 2.31. The van der Waals surface area contributed by atoms with Crippen molar-refractivity contribution in [1.29, 1.82) is 0 Å². The van der Waals surface area contributed by atoms with Gasteiger partial charge in [0.05, 0.1) is 0 Å². The number of halogens is 4. The predicted molar refractivity (Wildman–Crippen MR) is 67.7 cm³/mol. The van der Waals surface area contributed by atoms with Crippen molar-refractivity contribution in [1.82, 2.24) is 0 Å². The van der Waals surface area contributed by atoms with Gasteiger partial charge in [0.25, 0.3) is 0 Å². The topological polar surface area (TPSA) is 26.3 Å². The lowest BCUT2D eigenvalue weighted by Crippen LogP contribution is -2.17. The molecular weight excluding hydrogens is 288 g/mol. The van der Waals surface area contributed by atoms with E-state index in [0.717, 1.165) is 18.2 Å². The van der Waals surface area contributed by atoms with Crippen molar-refractivity contribution in [3.05, 3.63) is 65.0 Å². The van der Waals surface area contributed by atoms with E-state index in [1.54, 1.807) is 6.92 Å². The molecule has 0 heterocycles. The van der Waals surface area contributed by atoms with Crippen LogP contribution in [0.2, 0.25) is 0 Å². The Balaban J connectivity index is 2.33. The monoisotopic (exact) mass is 298 g/mol. The lowest BCUT2D eigenvalue weighted by molar-refractivity contribution is -0.274. The maximum Gasteiger partial charge on any atom is 0.573 e. The second-order valence-electron chi connectivity index (χ2n) is 4.36. The normalized spacial score (nSPS) is 11.3. The number of alkyl halides is 3. The zero-order valence-electron chi connectivity index (χ0n) is 10.9. The molecule has 2 rings (SSSR count). The summed E-state index contributed by atoms with van der Waals surface area (Å²) < 4.78 is 53.2. The van der Waals surface area contributed by atoms with Gasteiger partial charge in [-0.2, -0.15) is 0 Å². The summed E-state index contributed by atoms with van der Waals surface area (Å²) in [6.45, 7) is 1.55. The fraction of sp³-hybridized carbons (Fsp3) is 0.133. The molecule has 2 aromatic carbocycles. The third-order valence-corrected chi connectivity index (χ3v) is 2.76. The van der Waals surface area contributed by atoms with Crippen molar-refractivity contribution in [2.45, 2.75) is 13.3 Å². The number of carbonyl (C=O) groups excluding carboxylic acids is 1. The SMILES string of the molecule is Cc1cc(F)ccc1C(=O)c1cccc(OC(F)(F)F)c1. The maximum absolute atomic E-state index is 13.0. The first-order chi connectivity index (χ1) is 9.76. The Kier molecular flexibility index (Phi) is 3.97. The smallest absolute Gasteiger partial charge is 0.406 e. The standard InChI is InChI=1S/C15H10F4O2/c1-9-7-11(16)5-6-13(9)14(20)10-3-2-4-12(8-10)21-15(17,18)19/h2-8H,1H3. The quantitative estimate of drug-likeness (QED) is 0.625. The Bertz CT molecular complexity index is 678. The first-order valence-electron chi connectivity index (χ1n) is 5.93. The van der Waals surface area contributed by atoms with Crippen molar-refractivity contribution < 1.29 is 27.1 Å². The van der Waals surface area contributed by atoms with Gasteiger partial charge in [-0.05, 0) is 42.8 Å². The van der Waals surface area contributed by atoms with E-state index in [1.165, 1.54) is 24.3 Å². The summed E-state index contributed by atoms with van der Waals surface area (Å²) >= 11 is 0. The highest BCUT2D eigenvalue weighted by atomic mass is 19.4. The van der Waals surface area contributed by atoms with Crippen molar-refractivity contribution in [3.63, 3.8) is 0 Å². The summed E-state index contributed by atoms with van der Waals surface area (Å²) in [5.41, 5.74) is 0.661. The van der Waals surface area contributed by atoms with Gasteiger partial charge in [0.2, 0.25) is 0 Å². The molecular formula is C15H10F4O2. The largest absolute Gasteiger partial charge is 0.573 e. The number of hydrogen-bond donors (Lipinski definition) is 0. The zero-order valence-corrected chi connectivity index (χ0v) is 10.9. The van der Waals surface area contributed by atoms with Crippen LogP contribution in [0.15, 0.2) is 42.5 Å². The van der Waals surface area contributed by atoms with E-state index in [9.17, 15) is 22.4 Å². The van der Waals surface area contributed by atoms with E-state index in [1.807, 2.05) is 0 Å². The van der Waals surface area contributed by atoms with Crippen LogP contribution in [0.3, 0.4) is 0 Å². The number of aryl methyl sites for hydroxylation is 1. The van der Waals surface area contributed by atoms with E-state index in [-0.39, 0.29) is 11.1 Å². The maximum atomic E-state index is 13.0. The summed E-state index contributed by atoms with van der Waals surface area (Å²) in [6.07, 6.45) is -4.83. The molecule has 0 saturated carbocycles. The van der Waals surface area contributed by atoms with Crippen molar-refractivity contribution in [3.8, 4) is 5.75 Å². The lowest BCUT2D eigenvalue weighted by atomic mass is 9.99. The highest BCUT2D eigenvalue weighted by molar-refractivity contribution is 6.10. The van der Waals surface area contributed by atoms with E-state index in [2.05, 4.69) is 4.74 Å². The molecule has 0 aliphatic rings. The van der Waals surface area contributed by atoms with Gasteiger partial charge in [0, 0.05) is 11.1 Å². The van der Waals surface area contributed by atoms with Crippen LogP contribution in [0.4, 0.5) is 17.6 Å². The number of hydrogen-bond acceptors (Lipinski definition) is 2. The third kappa shape index (κ3) is 3.81. The van der Waals surface area contributed by atoms with Crippen LogP contribution in [-0.2, 0) is 0 Å². The van der Waals surface area contributed by atoms with Gasteiger partial charge in [-0.15, -0.1) is 13.2 Å². The molecule has 0 N–H and O–H groups in total. The first-order valence-corrected chi connectivity index (χ1v) is 5.93. The molecule has 0 bridgehead atoms. The van der Waals surface area contributed by atoms with Crippen LogP contribution in [0.25, 0.3) is 0 Å². The minimum absolute atomic E-state index is 0.0338. The van der Waals surface area contributed by atoms with Gasteiger partial charge in [0.1, 0.15) is 11.6 Å². The van der Waals surface area contributed by atoms with Gasteiger partial charge >= 0.3 is 6.36 Å². The summed E-state index contributed by atoms with van der Waals surface area (Å²) in [6, 6.07) is 8.35. The Morgan fingerprint density at radius 3 is 2.43 bits per heavy atom. The van der Waals surface area contributed by atoms with Crippen molar-refractivity contribution >= 4 is 5.78 Å². The molecule has 0 aromatic heterocycles. The molecule has 0 saturated heterocycles. The number of ketones is 1. The summed E-state index contributed by atoms with van der Waals surface area (Å²) in [5.74, 6) is -1.47. The number of ether oxygens (including phenoxy) is 1. The number of benzene rings is 2. The molecule has 2 nitrogen and oxygen atoms in total. The molecule has 2 aromatic rings. The van der Waals surface area contributed by atoms with Gasteiger partial charge in [-0.25, -0.2) is 4.39 Å². The van der Waals surface area contributed by atoms with Crippen LogP contribution in [-0.4, -0.2) is 12.1 Å². The summed E-state index contributed by atoms with van der Waals surface area (Å²) in [7, 11) is 0. The zero-order chi connectivity index (χ0) is 15.6. The molecule has 0 amide bonds. The highest BCUT2D eigenvalue weighted by Crippen LogP contribution is 2.24. The molecule has 0 aliphatic heterocycles. The number of rotatable bonds is 3. The van der Waals surface area contributed by atoms with Gasteiger partial charge in [-0.3, -0.25) is 4.79 Å². The third-order valence-electron chi connectivity index (χ3n) is 2.76. The average molecular weight is 298 g/mol. The fourth-order valence-corrected chi connectivity index (χ4v) is 1.87. The van der Waals surface area contributed by atoms with Crippen LogP contribution < -0.4 is 4.74 Å². The molecule has 0 atom stereocenters. The molecule has 0 unspecified atom stereocenters. The van der Waals surface area contributed by atoms with E-state index in [4.69, 9.17) is 0 Å². The Hall–Kier alpha value is -2.37. The molecule has 0 fully saturated rings.